The fraction of sp³-hybridized carbons (Fsp3) is 0.368. The quantitative estimate of drug-likeness (QED) is 0.737. The van der Waals surface area contributed by atoms with Crippen LogP contribution < -0.4 is 10.6 Å². The van der Waals surface area contributed by atoms with Gasteiger partial charge in [-0.1, -0.05) is 38.0 Å². The molecule has 0 saturated heterocycles. The Morgan fingerprint density at radius 1 is 1.09 bits per heavy atom. The number of hydrogen-bond donors (Lipinski definition) is 2. The van der Waals surface area contributed by atoms with E-state index in [0.29, 0.717) is 5.69 Å². The molecule has 0 aliphatic heterocycles. The number of hydrogen-bond acceptors (Lipinski definition) is 3. The molecule has 0 saturated carbocycles. The minimum absolute atomic E-state index is 0.181. The van der Waals surface area contributed by atoms with Gasteiger partial charge in [0, 0.05) is 12.2 Å². The van der Waals surface area contributed by atoms with Gasteiger partial charge in [-0.3, -0.25) is 4.79 Å². The van der Waals surface area contributed by atoms with Crippen molar-refractivity contribution in [2.45, 2.75) is 40.0 Å². The van der Waals surface area contributed by atoms with Gasteiger partial charge in [0.1, 0.15) is 5.69 Å². The first-order chi connectivity index (χ1) is 11.1. The highest BCUT2D eigenvalue weighted by atomic mass is 16.1. The maximum atomic E-state index is 12.3. The molecule has 0 fully saturated rings. The molecule has 0 bridgehead atoms. The van der Waals surface area contributed by atoms with Gasteiger partial charge in [0.05, 0.1) is 11.9 Å². The molecule has 2 aromatic rings. The van der Waals surface area contributed by atoms with Gasteiger partial charge < -0.3 is 10.6 Å². The number of nitrogens with one attached hydrogen (secondary N) is 2. The van der Waals surface area contributed by atoms with E-state index in [1.54, 1.807) is 12.3 Å². The number of pyridine rings is 1. The van der Waals surface area contributed by atoms with Gasteiger partial charge in [0.2, 0.25) is 0 Å². The molecule has 1 aromatic heterocycles. The number of para-hydroxylation sites is 1. The minimum atomic E-state index is -0.181. The molecule has 0 aliphatic rings. The van der Waals surface area contributed by atoms with Crippen LogP contribution in [0.1, 0.15) is 47.8 Å². The van der Waals surface area contributed by atoms with Gasteiger partial charge in [-0.05, 0) is 43.5 Å². The number of aryl methyl sites for hydroxylation is 2. The monoisotopic (exact) mass is 311 g/mol. The first-order valence-electron chi connectivity index (χ1n) is 8.19. The molecule has 1 heterocycles. The lowest BCUT2D eigenvalue weighted by molar-refractivity contribution is 0.102. The molecule has 2 N–H and O–H groups in total. The van der Waals surface area contributed by atoms with Crippen LogP contribution in [0, 0.1) is 13.8 Å². The van der Waals surface area contributed by atoms with Gasteiger partial charge >= 0.3 is 0 Å². The number of benzene rings is 1. The van der Waals surface area contributed by atoms with Crippen molar-refractivity contribution in [3.05, 3.63) is 53.3 Å². The summed E-state index contributed by atoms with van der Waals surface area (Å²) in [6.45, 7) is 7.09. The van der Waals surface area contributed by atoms with Crippen LogP contribution in [0.25, 0.3) is 0 Å². The Balaban J connectivity index is 1.97. The first-order valence-corrected chi connectivity index (χ1v) is 8.19. The summed E-state index contributed by atoms with van der Waals surface area (Å²) in [6.07, 6.45) is 5.28. The number of nitrogens with zero attached hydrogens (tertiary/aromatic N) is 1. The number of unbranched alkanes of at least 4 members (excludes halogenated alkanes) is 2. The Morgan fingerprint density at radius 2 is 1.83 bits per heavy atom. The first kappa shape index (κ1) is 17.0. The van der Waals surface area contributed by atoms with Crippen molar-refractivity contribution in [1.29, 1.82) is 0 Å². The van der Waals surface area contributed by atoms with E-state index in [4.69, 9.17) is 0 Å². The summed E-state index contributed by atoms with van der Waals surface area (Å²) in [5.41, 5.74) is 4.33. The molecule has 0 radical (unpaired) electrons. The number of anilines is 2. The van der Waals surface area contributed by atoms with E-state index in [1.807, 2.05) is 38.1 Å². The van der Waals surface area contributed by atoms with Crippen LogP contribution in [-0.4, -0.2) is 17.4 Å². The molecule has 4 nitrogen and oxygen atoms in total. The van der Waals surface area contributed by atoms with Gasteiger partial charge in [-0.25, -0.2) is 4.98 Å². The highest BCUT2D eigenvalue weighted by Gasteiger charge is 2.10. The average molecular weight is 311 g/mol. The SMILES string of the molecule is CCCCCNc1ccc(C(=O)Nc2c(C)cccc2C)nc1. The number of aromatic nitrogens is 1. The standard InChI is InChI=1S/C19H25N3O/c1-4-5-6-12-20-16-10-11-17(21-13-16)19(23)22-18-14(2)8-7-9-15(18)3/h7-11,13,20H,4-6,12H2,1-3H3,(H,22,23). The molecule has 1 amide bonds. The largest absolute Gasteiger partial charge is 0.384 e. The maximum absolute atomic E-state index is 12.3. The lowest BCUT2D eigenvalue weighted by atomic mass is 10.1. The third-order valence-corrected chi connectivity index (χ3v) is 3.83. The van der Waals surface area contributed by atoms with Gasteiger partial charge in [0.15, 0.2) is 0 Å². The second kappa shape index (κ2) is 8.32. The second-order valence-electron chi connectivity index (χ2n) is 5.79. The van der Waals surface area contributed by atoms with Crippen LogP contribution in [0.2, 0.25) is 0 Å². The predicted octanol–water partition coefficient (Wildman–Crippen LogP) is 4.55. The van der Waals surface area contributed by atoms with Crippen LogP contribution in [0.3, 0.4) is 0 Å². The zero-order chi connectivity index (χ0) is 16.7. The normalized spacial score (nSPS) is 10.4. The summed E-state index contributed by atoms with van der Waals surface area (Å²) >= 11 is 0. The van der Waals surface area contributed by atoms with Crippen LogP contribution in [0.15, 0.2) is 36.5 Å². The lowest BCUT2D eigenvalue weighted by Gasteiger charge is -2.11. The van der Waals surface area contributed by atoms with E-state index in [0.717, 1.165) is 35.5 Å². The van der Waals surface area contributed by atoms with E-state index in [2.05, 4.69) is 22.5 Å². The molecule has 122 valence electrons. The summed E-state index contributed by atoms with van der Waals surface area (Å²) in [4.78, 5) is 16.6. The Labute approximate surface area is 138 Å². The average Bonchev–Trinajstić information content (AvgIpc) is 2.55. The van der Waals surface area contributed by atoms with Crippen LogP contribution in [0.4, 0.5) is 11.4 Å². The Morgan fingerprint density at radius 3 is 2.43 bits per heavy atom. The fourth-order valence-electron chi connectivity index (χ4n) is 2.43. The third kappa shape index (κ3) is 4.81. The molecule has 0 atom stereocenters. The highest BCUT2D eigenvalue weighted by Crippen LogP contribution is 2.20. The summed E-state index contributed by atoms with van der Waals surface area (Å²) in [6, 6.07) is 9.61. The summed E-state index contributed by atoms with van der Waals surface area (Å²) in [5, 5.41) is 6.27. The number of carbonyl (C=O) groups excluding carboxylic acids is 1. The zero-order valence-electron chi connectivity index (χ0n) is 14.1. The van der Waals surface area contributed by atoms with Crippen LogP contribution >= 0.6 is 0 Å². The Hall–Kier alpha value is -2.36. The van der Waals surface area contributed by atoms with Crippen molar-refractivity contribution < 1.29 is 4.79 Å². The second-order valence-corrected chi connectivity index (χ2v) is 5.79. The molecule has 1 aromatic carbocycles. The van der Waals surface area contributed by atoms with E-state index >= 15 is 0 Å². The molecule has 0 spiro atoms. The summed E-state index contributed by atoms with van der Waals surface area (Å²) < 4.78 is 0. The van der Waals surface area contributed by atoms with E-state index in [9.17, 15) is 4.79 Å². The Kier molecular flexibility index (Phi) is 6.15. The summed E-state index contributed by atoms with van der Waals surface area (Å²) in [7, 11) is 0. The van der Waals surface area contributed by atoms with Crippen molar-refractivity contribution in [1.82, 2.24) is 4.98 Å². The molecule has 23 heavy (non-hydrogen) atoms. The smallest absolute Gasteiger partial charge is 0.274 e. The van der Waals surface area contributed by atoms with Crippen molar-refractivity contribution >= 4 is 17.3 Å². The molecule has 0 aliphatic carbocycles. The van der Waals surface area contributed by atoms with Gasteiger partial charge in [-0.2, -0.15) is 0 Å². The van der Waals surface area contributed by atoms with E-state index < -0.39 is 0 Å². The zero-order valence-corrected chi connectivity index (χ0v) is 14.1. The number of carbonyl (C=O) groups is 1. The Bertz CT molecular complexity index is 630. The lowest BCUT2D eigenvalue weighted by Crippen LogP contribution is -2.15. The molecular weight excluding hydrogens is 286 g/mol. The molecule has 4 heteroatoms. The number of amides is 1. The van der Waals surface area contributed by atoms with E-state index in [-0.39, 0.29) is 5.91 Å². The predicted molar refractivity (Wildman–Crippen MR) is 96.1 cm³/mol. The topological polar surface area (TPSA) is 54.0 Å². The third-order valence-electron chi connectivity index (χ3n) is 3.83. The number of rotatable bonds is 7. The van der Waals surface area contributed by atoms with Crippen molar-refractivity contribution in [3.8, 4) is 0 Å². The van der Waals surface area contributed by atoms with Crippen molar-refractivity contribution in [2.75, 3.05) is 17.2 Å². The van der Waals surface area contributed by atoms with Crippen LogP contribution in [-0.2, 0) is 0 Å². The molecule has 0 unspecified atom stereocenters. The van der Waals surface area contributed by atoms with Crippen molar-refractivity contribution in [3.63, 3.8) is 0 Å². The van der Waals surface area contributed by atoms with Crippen LogP contribution in [0.5, 0.6) is 0 Å². The fourth-order valence-corrected chi connectivity index (χ4v) is 2.43. The highest BCUT2D eigenvalue weighted by molar-refractivity contribution is 6.03. The molecule has 2 rings (SSSR count). The van der Waals surface area contributed by atoms with Gasteiger partial charge in [0.25, 0.3) is 5.91 Å². The van der Waals surface area contributed by atoms with Gasteiger partial charge in [-0.15, -0.1) is 0 Å². The van der Waals surface area contributed by atoms with Crippen molar-refractivity contribution in [2.24, 2.45) is 0 Å². The minimum Gasteiger partial charge on any atom is -0.384 e. The summed E-state index contributed by atoms with van der Waals surface area (Å²) in [5.74, 6) is -0.181. The molecular formula is C19H25N3O. The maximum Gasteiger partial charge on any atom is 0.274 e. The van der Waals surface area contributed by atoms with E-state index in [1.165, 1.54) is 12.8 Å².